The van der Waals surface area contributed by atoms with Gasteiger partial charge >= 0.3 is 0 Å². The van der Waals surface area contributed by atoms with E-state index in [1.807, 2.05) is 26.2 Å². The summed E-state index contributed by atoms with van der Waals surface area (Å²) in [5, 5.41) is 9.18. The van der Waals surface area contributed by atoms with Gasteiger partial charge in [0.05, 0.1) is 11.1 Å². The monoisotopic (exact) mass is 365 g/mol. The van der Waals surface area contributed by atoms with Crippen molar-refractivity contribution < 1.29 is 4.52 Å². The van der Waals surface area contributed by atoms with Crippen molar-refractivity contribution in [1.82, 2.24) is 20.4 Å². The van der Waals surface area contributed by atoms with Crippen LogP contribution in [-0.4, -0.2) is 40.3 Å². The molecular formula is C21H27N5O. The number of H-pyrrole nitrogens is 1. The Morgan fingerprint density at radius 2 is 2.07 bits per heavy atom. The fourth-order valence-corrected chi connectivity index (χ4v) is 5.08. The second-order valence-corrected chi connectivity index (χ2v) is 8.14. The van der Waals surface area contributed by atoms with Crippen LogP contribution in [-0.2, 0) is 0 Å². The maximum atomic E-state index is 5.44. The van der Waals surface area contributed by atoms with Gasteiger partial charge in [0, 0.05) is 47.8 Å². The number of rotatable bonds is 2. The molecule has 2 saturated heterocycles. The van der Waals surface area contributed by atoms with Crippen LogP contribution in [0.5, 0.6) is 0 Å². The Morgan fingerprint density at radius 1 is 1.19 bits per heavy atom. The number of fused-ring (bicyclic) bond motifs is 1. The van der Waals surface area contributed by atoms with Crippen LogP contribution in [0.25, 0.3) is 22.2 Å². The number of hydrogen-bond donors (Lipinski definition) is 2. The zero-order valence-corrected chi connectivity index (χ0v) is 16.1. The van der Waals surface area contributed by atoms with Crippen molar-refractivity contribution in [2.45, 2.75) is 51.5 Å². The molecule has 0 radical (unpaired) electrons. The van der Waals surface area contributed by atoms with E-state index in [1.165, 1.54) is 43.2 Å². The van der Waals surface area contributed by atoms with Crippen molar-refractivity contribution in [2.75, 3.05) is 24.5 Å². The largest absolute Gasteiger partial charge is 0.369 e. The van der Waals surface area contributed by atoms with Gasteiger partial charge in [-0.3, -0.25) is 0 Å². The first-order valence-electron chi connectivity index (χ1n) is 10.1. The van der Waals surface area contributed by atoms with Crippen LogP contribution in [0.4, 0.5) is 5.69 Å². The molecule has 3 aromatic rings. The van der Waals surface area contributed by atoms with Gasteiger partial charge in [-0.2, -0.15) is 0 Å². The highest BCUT2D eigenvalue weighted by atomic mass is 16.5. The number of anilines is 1. The molecule has 5 rings (SSSR count). The molecule has 6 nitrogen and oxygen atoms in total. The molecule has 5 heterocycles. The Kier molecular flexibility index (Phi) is 3.97. The minimum absolute atomic E-state index is 0.269. The van der Waals surface area contributed by atoms with Gasteiger partial charge in [0.2, 0.25) is 0 Å². The highest BCUT2D eigenvalue weighted by Crippen LogP contribution is 2.40. The lowest BCUT2D eigenvalue weighted by atomic mass is 9.81. The third-order valence-electron chi connectivity index (χ3n) is 6.35. The third kappa shape index (κ3) is 2.74. The number of pyridine rings is 1. The first-order chi connectivity index (χ1) is 13.2. The van der Waals surface area contributed by atoms with E-state index >= 15 is 0 Å². The Hall–Kier alpha value is -2.34. The SMILES string of the molecule is Cc1noc(C)c1-c1c[nH]c2nccc(N3CCCC4(CCCCN4)C3)c12. The quantitative estimate of drug-likeness (QED) is 0.720. The average molecular weight is 365 g/mol. The number of nitrogens with zero attached hydrogens (tertiary/aromatic N) is 3. The number of hydrogen-bond acceptors (Lipinski definition) is 5. The van der Waals surface area contributed by atoms with E-state index in [9.17, 15) is 0 Å². The highest BCUT2D eigenvalue weighted by molar-refractivity contribution is 6.03. The molecule has 2 N–H and O–H groups in total. The molecule has 1 unspecified atom stereocenters. The second-order valence-electron chi connectivity index (χ2n) is 8.14. The van der Waals surface area contributed by atoms with Crippen molar-refractivity contribution in [3.63, 3.8) is 0 Å². The predicted molar refractivity (Wildman–Crippen MR) is 107 cm³/mol. The summed E-state index contributed by atoms with van der Waals surface area (Å²) in [5.74, 6) is 0.854. The lowest BCUT2D eigenvalue weighted by molar-refractivity contribution is 0.216. The fourth-order valence-electron chi connectivity index (χ4n) is 5.08. The van der Waals surface area contributed by atoms with Crippen LogP contribution in [0.15, 0.2) is 23.0 Å². The van der Waals surface area contributed by atoms with Crippen molar-refractivity contribution >= 4 is 16.7 Å². The second kappa shape index (κ2) is 6.37. The number of aromatic amines is 1. The molecule has 2 aliphatic rings. The molecule has 6 heteroatoms. The van der Waals surface area contributed by atoms with Gasteiger partial charge < -0.3 is 19.7 Å². The molecule has 142 valence electrons. The molecule has 0 bridgehead atoms. The first kappa shape index (κ1) is 16.8. The Labute approximate surface area is 159 Å². The maximum absolute atomic E-state index is 5.44. The zero-order chi connectivity index (χ0) is 18.4. The normalized spacial score (nSPS) is 23.4. The van der Waals surface area contributed by atoms with Crippen molar-refractivity contribution in [2.24, 2.45) is 0 Å². The number of nitrogens with one attached hydrogen (secondary N) is 2. The molecule has 1 atom stereocenters. The highest BCUT2D eigenvalue weighted by Gasteiger charge is 2.37. The summed E-state index contributed by atoms with van der Waals surface area (Å²) in [5.41, 5.74) is 5.61. The Bertz CT molecular complexity index is 941. The smallest absolute Gasteiger partial charge is 0.141 e. The standard InChI is InChI=1S/C21H27N5O/c1-14-18(15(2)27-25-14)16-12-23-20-19(16)17(6-10-22-20)26-11-5-8-21(13-26)7-3-4-9-24-21/h6,10,12,24H,3-5,7-9,11,13H2,1-2H3,(H,22,23). The Balaban J connectivity index is 1.60. The first-order valence-corrected chi connectivity index (χ1v) is 10.1. The summed E-state index contributed by atoms with van der Waals surface area (Å²) >= 11 is 0. The number of aromatic nitrogens is 3. The Morgan fingerprint density at radius 3 is 2.85 bits per heavy atom. The van der Waals surface area contributed by atoms with Gasteiger partial charge in [-0.1, -0.05) is 11.6 Å². The lowest BCUT2D eigenvalue weighted by Crippen LogP contribution is -2.59. The molecule has 0 saturated carbocycles. The van der Waals surface area contributed by atoms with Crippen LogP contribution < -0.4 is 10.2 Å². The summed E-state index contributed by atoms with van der Waals surface area (Å²) < 4.78 is 5.44. The van der Waals surface area contributed by atoms with Gasteiger partial charge in [-0.05, 0) is 52.1 Å². The van der Waals surface area contributed by atoms with Crippen molar-refractivity contribution in [3.05, 3.63) is 29.9 Å². The number of piperidine rings is 2. The van der Waals surface area contributed by atoms with Gasteiger partial charge in [0.25, 0.3) is 0 Å². The van der Waals surface area contributed by atoms with Crippen LogP contribution in [0, 0.1) is 13.8 Å². The molecule has 27 heavy (non-hydrogen) atoms. The van der Waals surface area contributed by atoms with Crippen LogP contribution >= 0.6 is 0 Å². The van der Waals surface area contributed by atoms with E-state index < -0.39 is 0 Å². The van der Waals surface area contributed by atoms with E-state index in [4.69, 9.17) is 4.52 Å². The topological polar surface area (TPSA) is 70.0 Å². The number of aryl methyl sites for hydroxylation is 2. The van der Waals surface area contributed by atoms with E-state index in [0.717, 1.165) is 47.9 Å². The summed E-state index contributed by atoms with van der Waals surface area (Å²) in [7, 11) is 0. The van der Waals surface area contributed by atoms with E-state index in [0.29, 0.717) is 0 Å². The molecule has 1 spiro atoms. The third-order valence-corrected chi connectivity index (χ3v) is 6.35. The van der Waals surface area contributed by atoms with Crippen LogP contribution in [0.2, 0.25) is 0 Å². The predicted octanol–water partition coefficient (Wildman–Crippen LogP) is 3.95. The summed E-state index contributed by atoms with van der Waals surface area (Å²) in [6, 6.07) is 2.17. The summed E-state index contributed by atoms with van der Waals surface area (Å²) in [6.07, 6.45) is 10.4. The molecule has 3 aromatic heterocycles. The van der Waals surface area contributed by atoms with Gasteiger partial charge in [-0.25, -0.2) is 4.98 Å². The molecule has 0 aliphatic carbocycles. The van der Waals surface area contributed by atoms with Gasteiger partial charge in [0.15, 0.2) is 0 Å². The van der Waals surface area contributed by atoms with Crippen LogP contribution in [0.3, 0.4) is 0 Å². The lowest BCUT2D eigenvalue weighted by Gasteiger charge is -2.47. The van der Waals surface area contributed by atoms with Crippen LogP contribution in [0.1, 0.15) is 43.6 Å². The summed E-state index contributed by atoms with van der Waals surface area (Å²) in [6.45, 7) is 7.29. The molecule has 2 fully saturated rings. The van der Waals surface area contributed by atoms with E-state index in [1.54, 1.807) is 0 Å². The molecular weight excluding hydrogens is 338 g/mol. The summed E-state index contributed by atoms with van der Waals surface area (Å²) in [4.78, 5) is 10.5. The van der Waals surface area contributed by atoms with Crippen molar-refractivity contribution in [3.8, 4) is 11.1 Å². The zero-order valence-electron chi connectivity index (χ0n) is 16.1. The fraction of sp³-hybridized carbons (Fsp3) is 0.524. The van der Waals surface area contributed by atoms with Crippen molar-refractivity contribution in [1.29, 1.82) is 0 Å². The van der Waals surface area contributed by atoms with Gasteiger partial charge in [-0.15, -0.1) is 0 Å². The maximum Gasteiger partial charge on any atom is 0.141 e. The molecule has 0 aromatic carbocycles. The minimum atomic E-state index is 0.269. The molecule has 0 amide bonds. The van der Waals surface area contributed by atoms with E-state index in [2.05, 4.69) is 31.4 Å². The van der Waals surface area contributed by atoms with E-state index in [-0.39, 0.29) is 5.54 Å². The van der Waals surface area contributed by atoms with Gasteiger partial charge in [0.1, 0.15) is 11.4 Å². The molecule has 2 aliphatic heterocycles. The minimum Gasteiger partial charge on any atom is -0.369 e. The average Bonchev–Trinajstić information content (AvgIpc) is 3.25.